The van der Waals surface area contributed by atoms with E-state index in [4.69, 9.17) is 4.74 Å². The minimum Gasteiger partial charge on any atom is -0.454 e. The minimum atomic E-state index is -1.10. The lowest BCUT2D eigenvalue weighted by molar-refractivity contribution is -0.160. The van der Waals surface area contributed by atoms with Gasteiger partial charge in [-0.3, -0.25) is 19.3 Å². The van der Waals surface area contributed by atoms with Crippen molar-refractivity contribution in [3.63, 3.8) is 0 Å². The number of amides is 3. The van der Waals surface area contributed by atoms with E-state index in [0.29, 0.717) is 5.69 Å². The normalized spacial score (nSPS) is 22.9. The van der Waals surface area contributed by atoms with Crippen LogP contribution in [0.2, 0.25) is 0 Å². The zero-order chi connectivity index (χ0) is 28.1. The number of carbonyl (C=O) groups is 4. The van der Waals surface area contributed by atoms with Crippen LogP contribution in [0.1, 0.15) is 54.4 Å². The van der Waals surface area contributed by atoms with Crippen molar-refractivity contribution in [1.29, 1.82) is 0 Å². The van der Waals surface area contributed by atoms with Gasteiger partial charge in [0.2, 0.25) is 11.8 Å². The molecule has 0 aromatic heterocycles. The van der Waals surface area contributed by atoms with Gasteiger partial charge in [0.1, 0.15) is 6.04 Å². The Kier molecular flexibility index (Phi) is 6.82. The Morgan fingerprint density at radius 3 is 1.75 bits per heavy atom. The molecule has 3 atom stereocenters. The molecule has 1 saturated heterocycles. The molecule has 0 unspecified atom stereocenters. The van der Waals surface area contributed by atoms with Crippen molar-refractivity contribution in [3.05, 3.63) is 99.5 Å². The Labute approximate surface area is 241 Å². The molecule has 3 aromatic carbocycles. The maximum Gasteiger partial charge on any atom is 0.329 e. The van der Waals surface area contributed by atoms with Crippen molar-refractivity contribution in [2.24, 2.45) is 17.8 Å². The van der Waals surface area contributed by atoms with Crippen molar-refractivity contribution in [2.75, 3.05) is 11.9 Å². The molecule has 7 nitrogen and oxygen atoms in total. The summed E-state index contributed by atoms with van der Waals surface area (Å²) in [4.78, 5) is 55.3. The second-order valence-electron chi connectivity index (χ2n) is 11.1. The van der Waals surface area contributed by atoms with Crippen molar-refractivity contribution in [2.45, 2.75) is 38.1 Å². The minimum absolute atomic E-state index is 0.00323. The van der Waals surface area contributed by atoms with Gasteiger partial charge in [-0.2, -0.15) is 0 Å². The molecule has 204 valence electrons. The highest BCUT2D eigenvalue weighted by Crippen LogP contribution is 2.61. The Morgan fingerprint density at radius 1 is 0.825 bits per heavy atom. The van der Waals surface area contributed by atoms with E-state index >= 15 is 0 Å². The number of imide groups is 1. The number of ether oxygens (including phenoxy) is 1. The van der Waals surface area contributed by atoms with E-state index in [2.05, 4.69) is 21.2 Å². The first kappa shape index (κ1) is 26.4. The second-order valence-corrected chi connectivity index (χ2v) is 12.0. The molecule has 0 radical (unpaired) electrons. The lowest BCUT2D eigenvalue weighted by Gasteiger charge is -2.45. The molecule has 1 N–H and O–H groups in total. The topological polar surface area (TPSA) is 92.8 Å². The number of esters is 1. The number of benzene rings is 3. The van der Waals surface area contributed by atoms with Crippen LogP contribution >= 0.6 is 15.9 Å². The average Bonchev–Trinajstić information content (AvgIpc) is 3.21. The number of likely N-dealkylation sites (tertiary alicyclic amines) is 1. The number of nitrogens with one attached hydrogen (secondary N) is 1. The van der Waals surface area contributed by atoms with Crippen LogP contribution in [0, 0.1) is 17.8 Å². The van der Waals surface area contributed by atoms with Gasteiger partial charge in [-0.15, -0.1) is 0 Å². The standard InChI is InChI=1S/C32H29BrN2O5/c1-17(2)15-24(32(39)40-16-25(36)34-19-13-11-18(33)12-14-19)35-30(37)28-26-20-7-3-4-8-21(20)27(29(28)31(35)38)23-10-6-5-9-22(23)26/h3-14,17,24,26-29H,15-16H2,1-2H3,(H,34,36)/t24-,26?,27?,28-,29-/m1/s1. The van der Waals surface area contributed by atoms with Gasteiger partial charge in [0.25, 0.3) is 5.91 Å². The summed E-state index contributed by atoms with van der Waals surface area (Å²) >= 11 is 3.35. The van der Waals surface area contributed by atoms with Gasteiger partial charge in [-0.25, -0.2) is 4.79 Å². The van der Waals surface area contributed by atoms with Crippen LogP contribution in [-0.2, 0) is 23.9 Å². The summed E-state index contributed by atoms with van der Waals surface area (Å²) in [5.74, 6) is -3.59. The van der Waals surface area contributed by atoms with Gasteiger partial charge in [0.15, 0.2) is 6.61 Å². The Morgan fingerprint density at radius 2 is 1.30 bits per heavy atom. The van der Waals surface area contributed by atoms with Crippen LogP contribution < -0.4 is 5.32 Å². The fraction of sp³-hybridized carbons (Fsp3) is 0.312. The molecule has 40 heavy (non-hydrogen) atoms. The second kappa shape index (κ2) is 10.3. The summed E-state index contributed by atoms with van der Waals surface area (Å²) in [6.45, 7) is 3.33. The molecule has 1 heterocycles. The fourth-order valence-electron chi connectivity index (χ4n) is 6.72. The third kappa shape index (κ3) is 4.35. The molecule has 3 aromatic rings. The quantitative estimate of drug-likeness (QED) is 0.296. The number of carbonyl (C=O) groups excluding carboxylic acids is 4. The molecular weight excluding hydrogens is 572 g/mol. The highest BCUT2D eigenvalue weighted by atomic mass is 79.9. The van der Waals surface area contributed by atoms with E-state index in [-0.39, 0.29) is 36.0 Å². The van der Waals surface area contributed by atoms with Crippen LogP contribution in [0.25, 0.3) is 0 Å². The third-order valence-corrected chi connectivity index (χ3v) is 8.76. The third-order valence-electron chi connectivity index (χ3n) is 8.23. The predicted octanol–water partition coefficient (Wildman–Crippen LogP) is 5.24. The van der Waals surface area contributed by atoms with Gasteiger partial charge in [-0.1, -0.05) is 78.3 Å². The molecule has 1 aliphatic heterocycles. The van der Waals surface area contributed by atoms with Crippen molar-refractivity contribution >= 4 is 45.3 Å². The molecule has 4 aliphatic rings. The molecule has 3 amide bonds. The van der Waals surface area contributed by atoms with Crippen LogP contribution in [0.4, 0.5) is 5.69 Å². The molecular formula is C32H29BrN2O5. The number of rotatable bonds is 7. The Bertz CT molecular complexity index is 1400. The smallest absolute Gasteiger partial charge is 0.329 e. The summed E-state index contributed by atoms with van der Waals surface area (Å²) in [6, 6.07) is 22.0. The lowest BCUT2D eigenvalue weighted by Crippen LogP contribution is -2.47. The molecule has 0 spiro atoms. The van der Waals surface area contributed by atoms with Crippen LogP contribution in [0.15, 0.2) is 77.3 Å². The number of hydrogen-bond acceptors (Lipinski definition) is 5. The fourth-order valence-corrected chi connectivity index (χ4v) is 6.99. The SMILES string of the molecule is CC(C)C[C@H](C(=O)OCC(=O)Nc1ccc(Br)cc1)N1C(=O)[C@@H]2C3c4ccccc4C(c4ccccc43)[C@H]2C1=O. The van der Waals surface area contributed by atoms with E-state index in [0.717, 1.165) is 31.6 Å². The van der Waals surface area contributed by atoms with Gasteiger partial charge >= 0.3 is 5.97 Å². The molecule has 2 bridgehead atoms. The largest absolute Gasteiger partial charge is 0.454 e. The van der Waals surface area contributed by atoms with Crippen molar-refractivity contribution in [3.8, 4) is 0 Å². The van der Waals surface area contributed by atoms with Crippen LogP contribution in [-0.4, -0.2) is 41.2 Å². The number of halogens is 1. The van der Waals surface area contributed by atoms with E-state index in [9.17, 15) is 19.2 Å². The molecule has 8 heteroatoms. The molecule has 0 saturated carbocycles. The zero-order valence-corrected chi connectivity index (χ0v) is 23.8. The maximum atomic E-state index is 14.1. The summed E-state index contributed by atoms with van der Waals surface area (Å²) in [6.07, 6.45) is 0.249. The molecule has 3 aliphatic carbocycles. The zero-order valence-electron chi connectivity index (χ0n) is 22.2. The first-order valence-corrected chi connectivity index (χ1v) is 14.3. The molecule has 7 rings (SSSR count). The summed E-state index contributed by atoms with van der Waals surface area (Å²) in [5, 5.41) is 2.69. The van der Waals surface area contributed by atoms with Gasteiger partial charge in [0, 0.05) is 22.0 Å². The summed E-state index contributed by atoms with van der Waals surface area (Å²) < 4.78 is 6.28. The summed E-state index contributed by atoms with van der Waals surface area (Å²) in [7, 11) is 0. The van der Waals surface area contributed by atoms with Crippen LogP contribution in [0.5, 0.6) is 0 Å². The Hall–Kier alpha value is -3.78. The maximum absolute atomic E-state index is 14.1. The van der Waals surface area contributed by atoms with E-state index in [1.54, 1.807) is 24.3 Å². The van der Waals surface area contributed by atoms with Crippen LogP contribution in [0.3, 0.4) is 0 Å². The highest BCUT2D eigenvalue weighted by molar-refractivity contribution is 9.10. The Balaban J connectivity index is 1.27. The van der Waals surface area contributed by atoms with Gasteiger partial charge in [0.05, 0.1) is 11.8 Å². The monoisotopic (exact) mass is 600 g/mol. The lowest BCUT2D eigenvalue weighted by atomic mass is 9.55. The first-order chi connectivity index (χ1) is 19.3. The number of anilines is 1. The van der Waals surface area contributed by atoms with Gasteiger partial charge < -0.3 is 10.1 Å². The molecule has 1 fully saturated rings. The van der Waals surface area contributed by atoms with E-state index in [1.807, 2.05) is 62.4 Å². The van der Waals surface area contributed by atoms with E-state index < -0.39 is 36.4 Å². The van der Waals surface area contributed by atoms with Crippen molar-refractivity contribution < 1.29 is 23.9 Å². The first-order valence-electron chi connectivity index (χ1n) is 13.5. The number of hydrogen-bond donors (Lipinski definition) is 1. The summed E-state index contributed by atoms with van der Waals surface area (Å²) in [5.41, 5.74) is 4.85. The van der Waals surface area contributed by atoms with Gasteiger partial charge in [-0.05, 0) is 58.9 Å². The number of nitrogens with zero attached hydrogens (tertiary/aromatic N) is 1. The van der Waals surface area contributed by atoms with Crippen molar-refractivity contribution in [1.82, 2.24) is 4.90 Å². The average molecular weight is 601 g/mol. The predicted molar refractivity (Wildman–Crippen MR) is 152 cm³/mol. The highest BCUT2D eigenvalue weighted by Gasteiger charge is 2.63. The van der Waals surface area contributed by atoms with E-state index in [1.165, 1.54) is 0 Å².